The molecule has 0 radical (unpaired) electrons. The van der Waals surface area contributed by atoms with Gasteiger partial charge in [0.25, 0.3) is 11.8 Å². The number of hydrogen-bond donors (Lipinski definition) is 1. The fourth-order valence-corrected chi connectivity index (χ4v) is 6.45. The molecule has 6 aromatic rings. The number of aromatic nitrogens is 4. The number of hydrogen-bond acceptors (Lipinski definition) is 7. The molecule has 2 amide bonds. The Morgan fingerprint density at radius 1 is 0.913 bits per heavy atom. The molecule has 10 heteroatoms. The molecule has 46 heavy (non-hydrogen) atoms. The average molecular weight is 613 g/mol. The summed E-state index contributed by atoms with van der Waals surface area (Å²) < 4.78 is 15.4. The Hall–Kier alpha value is -5.48. The smallest absolute Gasteiger partial charge is 0.261 e. The summed E-state index contributed by atoms with van der Waals surface area (Å²) in [6.07, 6.45) is 6.83. The van der Waals surface area contributed by atoms with Gasteiger partial charge in [-0.3, -0.25) is 14.5 Å². The van der Waals surface area contributed by atoms with Crippen molar-refractivity contribution in [2.75, 3.05) is 19.0 Å². The second-order valence-corrected chi connectivity index (χ2v) is 11.7. The van der Waals surface area contributed by atoms with Gasteiger partial charge >= 0.3 is 0 Å². The molecule has 1 fully saturated rings. The van der Waals surface area contributed by atoms with Crippen molar-refractivity contribution >= 4 is 34.2 Å². The van der Waals surface area contributed by atoms with Gasteiger partial charge in [0.2, 0.25) is 0 Å². The van der Waals surface area contributed by atoms with Gasteiger partial charge in [-0.25, -0.2) is 9.67 Å². The molecule has 1 atom stereocenters. The van der Waals surface area contributed by atoms with Gasteiger partial charge in [-0.05, 0) is 78.9 Å². The van der Waals surface area contributed by atoms with E-state index in [1.54, 1.807) is 31.4 Å². The first kappa shape index (κ1) is 28.0. The van der Waals surface area contributed by atoms with Gasteiger partial charge in [0.1, 0.15) is 5.75 Å². The van der Waals surface area contributed by atoms with Crippen molar-refractivity contribution < 1.29 is 19.1 Å². The third-order valence-electron chi connectivity index (χ3n) is 8.82. The Bertz CT molecular complexity index is 2070. The summed E-state index contributed by atoms with van der Waals surface area (Å²) in [6.45, 7) is 1.44. The van der Waals surface area contributed by atoms with E-state index in [9.17, 15) is 9.59 Å². The predicted molar refractivity (Wildman–Crippen MR) is 174 cm³/mol. The van der Waals surface area contributed by atoms with Crippen LogP contribution in [0.4, 0.5) is 5.82 Å². The van der Waals surface area contributed by atoms with Crippen molar-refractivity contribution in [3.05, 3.63) is 114 Å². The van der Waals surface area contributed by atoms with Crippen molar-refractivity contribution in [1.29, 1.82) is 0 Å². The molecule has 0 spiro atoms. The highest BCUT2D eigenvalue weighted by Crippen LogP contribution is 2.33. The van der Waals surface area contributed by atoms with E-state index >= 15 is 0 Å². The first-order valence-corrected chi connectivity index (χ1v) is 15.5. The summed E-state index contributed by atoms with van der Waals surface area (Å²) in [7, 11) is 1.65. The van der Waals surface area contributed by atoms with E-state index in [2.05, 4.69) is 33.0 Å². The Balaban J connectivity index is 1.18. The molecule has 0 saturated carbocycles. The van der Waals surface area contributed by atoms with E-state index in [-0.39, 0.29) is 24.6 Å². The zero-order valence-corrected chi connectivity index (χ0v) is 25.3. The molecule has 3 aromatic carbocycles. The van der Waals surface area contributed by atoms with Gasteiger partial charge in [0, 0.05) is 31.1 Å². The molecule has 2 aliphatic heterocycles. The quantitative estimate of drug-likeness (QED) is 0.197. The molecule has 1 N–H and O–H groups in total. The standard InChI is InChI=1S/C36H32N6O4/c1-45-26-12-9-23(10-13-26)20-37-34-32-18-24(22-41-35(43)27-6-2-3-7-28(27)36(41)44)21-40(32)31-14-11-25(19-29(31)39-34)30-15-16-38-42(30)33-8-4-5-17-46-33/h2-3,6-7,9-16,18-19,21,33H,4-5,8,17,20,22H2,1H3,(H,37,39). The minimum absolute atomic E-state index is 0.0826. The maximum absolute atomic E-state index is 13.2. The van der Waals surface area contributed by atoms with Crippen LogP contribution in [0.15, 0.2) is 91.3 Å². The van der Waals surface area contributed by atoms with Crippen molar-refractivity contribution in [3.8, 4) is 17.0 Å². The molecule has 230 valence electrons. The fourth-order valence-electron chi connectivity index (χ4n) is 6.45. The lowest BCUT2D eigenvalue weighted by atomic mass is 10.1. The van der Waals surface area contributed by atoms with Crippen LogP contribution in [0.5, 0.6) is 5.75 Å². The molecular formula is C36H32N6O4. The van der Waals surface area contributed by atoms with Gasteiger partial charge in [-0.1, -0.05) is 30.3 Å². The summed E-state index contributed by atoms with van der Waals surface area (Å²) in [5.74, 6) is 0.933. The van der Waals surface area contributed by atoms with Crippen LogP contribution in [0, 0.1) is 0 Å². The lowest BCUT2D eigenvalue weighted by molar-refractivity contribution is -0.0383. The summed E-state index contributed by atoms with van der Waals surface area (Å²) in [5, 5.41) is 8.14. The number of nitrogens with zero attached hydrogens (tertiary/aromatic N) is 5. The number of rotatable bonds is 8. The van der Waals surface area contributed by atoms with Crippen molar-refractivity contribution in [2.45, 2.75) is 38.6 Å². The number of ether oxygens (including phenoxy) is 2. The van der Waals surface area contributed by atoms with Crippen LogP contribution < -0.4 is 10.1 Å². The fraction of sp³-hybridized carbons (Fsp3) is 0.222. The zero-order valence-electron chi connectivity index (χ0n) is 25.3. The van der Waals surface area contributed by atoms with E-state index in [0.717, 1.165) is 70.6 Å². The molecule has 1 unspecified atom stereocenters. The topological polar surface area (TPSA) is 103 Å². The SMILES string of the molecule is COc1ccc(CNc2nc3cc(-c4ccnn4C4CCCCO4)ccc3n3cc(CN4C(=O)c5ccccc5C4=O)cc23)cc1. The molecule has 8 rings (SSSR count). The Morgan fingerprint density at radius 2 is 1.72 bits per heavy atom. The summed E-state index contributed by atoms with van der Waals surface area (Å²) in [6, 6.07) is 25.1. The minimum atomic E-state index is -0.278. The molecule has 10 nitrogen and oxygen atoms in total. The van der Waals surface area contributed by atoms with Crippen LogP contribution >= 0.6 is 0 Å². The van der Waals surface area contributed by atoms with Gasteiger partial charge in [-0.15, -0.1) is 0 Å². The number of nitrogens with one attached hydrogen (secondary N) is 1. The number of amides is 2. The van der Waals surface area contributed by atoms with Crippen LogP contribution in [0.1, 0.15) is 57.3 Å². The highest BCUT2D eigenvalue weighted by Gasteiger charge is 2.35. The highest BCUT2D eigenvalue weighted by atomic mass is 16.5. The van der Waals surface area contributed by atoms with Crippen LogP contribution in [-0.4, -0.2) is 49.6 Å². The van der Waals surface area contributed by atoms with Crippen LogP contribution in [0.3, 0.4) is 0 Å². The summed E-state index contributed by atoms with van der Waals surface area (Å²) in [5.41, 5.74) is 7.29. The largest absolute Gasteiger partial charge is 0.497 e. The van der Waals surface area contributed by atoms with E-state index in [4.69, 9.17) is 14.5 Å². The Kier molecular flexibility index (Phi) is 6.98. The third-order valence-corrected chi connectivity index (χ3v) is 8.82. The summed E-state index contributed by atoms with van der Waals surface area (Å²) in [4.78, 5) is 32.7. The summed E-state index contributed by atoms with van der Waals surface area (Å²) >= 11 is 0. The number of carbonyl (C=O) groups excluding carboxylic acids is 2. The number of carbonyl (C=O) groups is 2. The third kappa shape index (κ3) is 4.87. The normalized spacial score (nSPS) is 16.4. The highest BCUT2D eigenvalue weighted by molar-refractivity contribution is 6.21. The lowest BCUT2D eigenvalue weighted by Crippen LogP contribution is -2.28. The molecule has 5 heterocycles. The molecule has 1 saturated heterocycles. The molecule has 0 aliphatic carbocycles. The molecular weight excluding hydrogens is 580 g/mol. The van der Waals surface area contributed by atoms with Gasteiger partial charge in [-0.2, -0.15) is 5.10 Å². The van der Waals surface area contributed by atoms with Crippen molar-refractivity contribution in [1.82, 2.24) is 24.1 Å². The van der Waals surface area contributed by atoms with Crippen LogP contribution in [-0.2, 0) is 17.8 Å². The van der Waals surface area contributed by atoms with Crippen molar-refractivity contribution in [3.63, 3.8) is 0 Å². The second kappa shape index (κ2) is 11.5. The monoisotopic (exact) mass is 612 g/mol. The Labute approximate surface area is 265 Å². The average Bonchev–Trinajstić information content (AvgIpc) is 3.82. The molecule has 2 aliphatic rings. The number of fused-ring (bicyclic) bond motifs is 4. The lowest BCUT2D eigenvalue weighted by Gasteiger charge is -2.24. The predicted octanol–water partition coefficient (Wildman–Crippen LogP) is 6.47. The van der Waals surface area contributed by atoms with Crippen LogP contribution in [0.2, 0.25) is 0 Å². The maximum atomic E-state index is 13.2. The van der Waals surface area contributed by atoms with E-state index in [1.165, 1.54) is 4.90 Å². The van der Waals surface area contributed by atoms with Crippen molar-refractivity contribution in [2.24, 2.45) is 0 Å². The number of imide groups is 1. The molecule has 0 bridgehead atoms. The van der Waals surface area contributed by atoms with Gasteiger partial charge in [0.05, 0.1) is 47.0 Å². The minimum Gasteiger partial charge on any atom is -0.497 e. The number of benzene rings is 3. The number of anilines is 1. The maximum Gasteiger partial charge on any atom is 0.261 e. The van der Waals surface area contributed by atoms with Gasteiger partial charge < -0.3 is 19.2 Å². The zero-order chi connectivity index (χ0) is 31.2. The number of methoxy groups -OCH3 is 1. The molecule has 3 aromatic heterocycles. The van der Waals surface area contributed by atoms with Gasteiger partial charge in [0.15, 0.2) is 12.0 Å². The second-order valence-electron chi connectivity index (χ2n) is 11.7. The Morgan fingerprint density at radius 3 is 2.46 bits per heavy atom. The van der Waals surface area contributed by atoms with E-state index in [0.29, 0.717) is 23.5 Å². The van der Waals surface area contributed by atoms with E-state index in [1.807, 2.05) is 53.5 Å². The first-order valence-electron chi connectivity index (χ1n) is 15.5. The first-order chi connectivity index (χ1) is 22.6. The van der Waals surface area contributed by atoms with E-state index < -0.39 is 0 Å². The van der Waals surface area contributed by atoms with Crippen LogP contribution in [0.25, 0.3) is 27.8 Å².